The maximum atomic E-state index is 11.9. The van der Waals surface area contributed by atoms with Gasteiger partial charge in [0.2, 0.25) is 0 Å². The van der Waals surface area contributed by atoms with Gasteiger partial charge < -0.3 is 15.5 Å². The quantitative estimate of drug-likeness (QED) is 0.746. The van der Waals surface area contributed by atoms with Gasteiger partial charge in [0.15, 0.2) is 0 Å². The summed E-state index contributed by atoms with van der Waals surface area (Å²) >= 11 is 5.68. The monoisotopic (exact) mass is 310 g/mol. The van der Waals surface area contributed by atoms with Crippen LogP contribution in [-0.4, -0.2) is 37.1 Å². The van der Waals surface area contributed by atoms with E-state index in [2.05, 4.69) is 15.6 Å². The van der Waals surface area contributed by atoms with E-state index in [0.29, 0.717) is 10.7 Å². The van der Waals surface area contributed by atoms with Crippen LogP contribution in [0.25, 0.3) is 0 Å². The first-order valence-electron chi connectivity index (χ1n) is 5.83. The second-order valence-electron chi connectivity index (χ2n) is 4.15. The van der Waals surface area contributed by atoms with Crippen LogP contribution in [0.15, 0.2) is 24.4 Å². The number of rotatable bonds is 5. The maximum absolute atomic E-state index is 11.9. The number of benzene rings is 1. The van der Waals surface area contributed by atoms with Gasteiger partial charge in [-0.15, -0.1) is 5.10 Å². The normalized spacial score (nSPS) is 10.3. The molecule has 0 saturated heterocycles. The van der Waals surface area contributed by atoms with Gasteiger partial charge in [-0.3, -0.25) is 9.59 Å². The molecule has 0 bridgehead atoms. The number of carboxylic acids is 1. The average Bonchev–Trinajstić information content (AvgIpc) is 2.82. The Kier molecular flexibility index (Phi) is 4.39. The molecule has 8 nitrogen and oxygen atoms in total. The summed E-state index contributed by atoms with van der Waals surface area (Å²) in [5.41, 5.74) is 0.482. The molecule has 0 aliphatic heterocycles. The third kappa shape index (κ3) is 3.93. The van der Waals surface area contributed by atoms with Crippen LogP contribution in [0.3, 0.4) is 0 Å². The molecule has 9 heteroatoms. The van der Waals surface area contributed by atoms with Gasteiger partial charge in [-0.05, 0) is 18.2 Å². The molecule has 0 spiro atoms. The van der Waals surface area contributed by atoms with Crippen molar-refractivity contribution in [3.8, 4) is 5.75 Å². The minimum Gasteiger partial charge on any atom is -0.507 e. The second kappa shape index (κ2) is 6.23. The lowest BCUT2D eigenvalue weighted by atomic mass is 10.2. The average molecular weight is 311 g/mol. The highest BCUT2D eigenvalue weighted by Crippen LogP contribution is 2.21. The molecule has 0 aliphatic carbocycles. The zero-order valence-electron chi connectivity index (χ0n) is 10.7. The van der Waals surface area contributed by atoms with Gasteiger partial charge in [0.1, 0.15) is 18.0 Å². The van der Waals surface area contributed by atoms with Gasteiger partial charge in [0.05, 0.1) is 18.3 Å². The summed E-state index contributed by atoms with van der Waals surface area (Å²) in [6.45, 7) is -0.251. The highest BCUT2D eigenvalue weighted by Gasteiger charge is 2.12. The molecule has 0 radical (unpaired) electrons. The van der Waals surface area contributed by atoms with Crippen LogP contribution in [0, 0.1) is 0 Å². The van der Waals surface area contributed by atoms with Gasteiger partial charge >= 0.3 is 5.97 Å². The number of phenolic OH excluding ortho intramolecular Hbond substituents is 1. The molecule has 21 heavy (non-hydrogen) atoms. The van der Waals surface area contributed by atoms with Gasteiger partial charge in [0, 0.05) is 5.02 Å². The van der Waals surface area contributed by atoms with Gasteiger partial charge in [0.25, 0.3) is 5.91 Å². The molecule has 2 rings (SSSR count). The molecule has 0 fully saturated rings. The Morgan fingerprint density at radius 3 is 2.81 bits per heavy atom. The van der Waals surface area contributed by atoms with Crippen molar-refractivity contribution < 1.29 is 19.8 Å². The van der Waals surface area contributed by atoms with E-state index in [-0.39, 0.29) is 24.4 Å². The predicted molar refractivity (Wildman–Crippen MR) is 71.9 cm³/mol. The van der Waals surface area contributed by atoms with E-state index in [4.69, 9.17) is 16.7 Å². The summed E-state index contributed by atoms with van der Waals surface area (Å²) in [5, 5.41) is 28.4. The van der Waals surface area contributed by atoms with E-state index in [1.165, 1.54) is 24.4 Å². The Labute approximate surface area is 124 Å². The maximum Gasteiger partial charge on any atom is 0.325 e. The lowest BCUT2D eigenvalue weighted by Gasteiger charge is -2.05. The van der Waals surface area contributed by atoms with E-state index in [0.717, 1.165) is 4.68 Å². The van der Waals surface area contributed by atoms with Crippen molar-refractivity contribution in [2.45, 2.75) is 13.1 Å². The molecule has 1 heterocycles. The Morgan fingerprint density at radius 2 is 2.14 bits per heavy atom. The van der Waals surface area contributed by atoms with Crippen LogP contribution in [0.5, 0.6) is 5.75 Å². The van der Waals surface area contributed by atoms with E-state index in [1.54, 1.807) is 0 Å². The van der Waals surface area contributed by atoms with Crippen molar-refractivity contribution in [1.29, 1.82) is 0 Å². The van der Waals surface area contributed by atoms with Gasteiger partial charge in [-0.25, -0.2) is 4.68 Å². The van der Waals surface area contributed by atoms with Crippen molar-refractivity contribution in [3.05, 3.63) is 40.7 Å². The third-order valence-electron chi connectivity index (χ3n) is 2.52. The van der Waals surface area contributed by atoms with Crippen LogP contribution in [0.1, 0.15) is 16.1 Å². The molecule has 0 aliphatic rings. The first-order chi connectivity index (χ1) is 9.95. The van der Waals surface area contributed by atoms with E-state index < -0.39 is 11.9 Å². The summed E-state index contributed by atoms with van der Waals surface area (Å²) in [7, 11) is 0. The fourth-order valence-corrected chi connectivity index (χ4v) is 1.76. The zero-order chi connectivity index (χ0) is 15.4. The number of phenols is 1. The summed E-state index contributed by atoms with van der Waals surface area (Å²) in [5.74, 6) is -1.77. The minimum absolute atomic E-state index is 0.0561. The Bertz CT molecular complexity index is 686. The summed E-state index contributed by atoms with van der Waals surface area (Å²) in [4.78, 5) is 22.4. The van der Waals surface area contributed by atoms with Crippen molar-refractivity contribution >= 4 is 23.5 Å². The molecule has 1 aromatic heterocycles. The molecule has 2 aromatic rings. The fraction of sp³-hybridized carbons (Fsp3) is 0.167. The van der Waals surface area contributed by atoms with E-state index >= 15 is 0 Å². The van der Waals surface area contributed by atoms with Crippen molar-refractivity contribution in [2.24, 2.45) is 0 Å². The number of aromatic nitrogens is 3. The number of hydrogen-bond donors (Lipinski definition) is 3. The Balaban J connectivity index is 1.97. The van der Waals surface area contributed by atoms with E-state index in [1.807, 2.05) is 0 Å². The summed E-state index contributed by atoms with van der Waals surface area (Å²) < 4.78 is 1.14. The zero-order valence-corrected chi connectivity index (χ0v) is 11.4. The predicted octanol–water partition coefficient (Wildman–Crippen LogP) is 0.652. The third-order valence-corrected chi connectivity index (χ3v) is 2.75. The number of halogens is 1. The smallest absolute Gasteiger partial charge is 0.325 e. The molecule has 1 amide bonds. The van der Waals surface area contributed by atoms with Crippen LogP contribution in [0.4, 0.5) is 0 Å². The first kappa shape index (κ1) is 14.8. The second-order valence-corrected chi connectivity index (χ2v) is 4.58. The van der Waals surface area contributed by atoms with Crippen LogP contribution >= 0.6 is 11.6 Å². The van der Waals surface area contributed by atoms with Crippen LogP contribution in [-0.2, 0) is 17.9 Å². The number of carbonyl (C=O) groups is 2. The highest BCUT2D eigenvalue weighted by molar-refractivity contribution is 6.30. The van der Waals surface area contributed by atoms with Gasteiger partial charge in [-0.1, -0.05) is 16.8 Å². The van der Waals surface area contributed by atoms with Crippen molar-refractivity contribution in [1.82, 2.24) is 20.3 Å². The first-order valence-corrected chi connectivity index (χ1v) is 6.21. The standard InChI is InChI=1S/C12H11ClN4O4/c13-7-1-2-9(10(18)3-7)12(21)14-4-8-5-17(16-15-8)6-11(19)20/h1-3,5,18H,4,6H2,(H,14,21)(H,19,20). The number of nitrogens with zero attached hydrogens (tertiary/aromatic N) is 3. The molecule has 0 unspecified atom stereocenters. The van der Waals surface area contributed by atoms with Crippen LogP contribution < -0.4 is 5.32 Å². The van der Waals surface area contributed by atoms with E-state index in [9.17, 15) is 14.7 Å². The Hall–Kier alpha value is -2.61. The van der Waals surface area contributed by atoms with Crippen molar-refractivity contribution in [3.63, 3.8) is 0 Å². The lowest BCUT2D eigenvalue weighted by Crippen LogP contribution is -2.23. The number of aliphatic carboxylic acids is 1. The SMILES string of the molecule is O=C(O)Cn1cc(CNC(=O)c2ccc(Cl)cc2O)nn1. The Morgan fingerprint density at radius 1 is 1.38 bits per heavy atom. The number of carboxylic acid groups (broad SMARTS) is 1. The lowest BCUT2D eigenvalue weighted by molar-refractivity contribution is -0.137. The number of amides is 1. The molecule has 110 valence electrons. The number of hydrogen-bond acceptors (Lipinski definition) is 5. The van der Waals surface area contributed by atoms with Crippen molar-refractivity contribution in [2.75, 3.05) is 0 Å². The summed E-state index contributed by atoms with van der Waals surface area (Å²) in [6.07, 6.45) is 1.41. The fourth-order valence-electron chi connectivity index (χ4n) is 1.60. The molecule has 3 N–H and O–H groups in total. The number of carbonyl (C=O) groups excluding carboxylic acids is 1. The molecule has 0 atom stereocenters. The van der Waals surface area contributed by atoms with Gasteiger partial charge in [-0.2, -0.15) is 0 Å². The molecular formula is C12H11ClN4O4. The number of aromatic hydroxyl groups is 1. The van der Waals surface area contributed by atoms with Crippen LogP contribution in [0.2, 0.25) is 5.02 Å². The summed E-state index contributed by atoms with van der Waals surface area (Å²) in [6, 6.07) is 4.15. The molecular weight excluding hydrogens is 300 g/mol. The largest absolute Gasteiger partial charge is 0.507 e. The molecule has 1 aromatic carbocycles. The minimum atomic E-state index is -1.04. The highest BCUT2D eigenvalue weighted by atomic mass is 35.5. The topological polar surface area (TPSA) is 117 Å². The molecule has 0 saturated carbocycles. The number of nitrogens with one attached hydrogen (secondary N) is 1.